The van der Waals surface area contributed by atoms with Crippen LogP contribution in [-0.2, 0) is 9.84 Å². The van der Waals surface area contributed by atoms with Crippen LogP contribution in [0, 0.1) is 5.41 Å². The zero-order valence-corrected chi connectivity index (χ0v) is 19.3. The largest absolute Gasteiger partial charge is 0.465 e. The van der Waals surface area contributed by atoms with Crippen LogP contribution in [0.3, 0.4) is 0 Å². The molecule has 0 bridgehead atoms. The van der Waals surface area contributed by atoms with Crippen molar-refractivity contribution in [2.75, 3.05) is 24.2 Å². The van der Waals surface area contributed by atoms with E-state index >= 15 is 0 Å². The molecule has 168 valence electrons. The third-order valence-corrected chi connectivity index (χ3v) is 6.47. The normalized spacial score (nSPS) is 20.0. The molecule has 0 radical (unpaired) electrons. The van der Waals surface area contributed by atoms with E-state index in [4.69, 9.17) is 0 Å². The maximum absolute atomic E-state index is 11.8. The minimum absolute atomic E-state index is 0.0411. The third kappa shape index (κ3) is 4.95. The molecule has 3 heterocycles. The van der Waals surface area contributed by atoms with Gasteiger partial charge in [0.2, 0.25) is 15.0 Å². The highest BCUT2D eigenvalue weighted by Crippen LogP contribution is 2.33. The van der Waals surface area contributed by atoms with Crippen molar-refractivity contribution in [1.82, 2.24) is 19.9 Å². The van der Waals surface area contributed by atoms with E-state index in [9.17, 15) is 18.3 Å². The highest BCUT2D eigenvalue weighted by Gasteiger charge is 2.41. The molecule has 1 N–H and O–H groups in total. The molecule has 2 aromatic heterocycles. The average molecular weight is 448 g/mol. The van der Waals surface area contributed by atoms with Gasteiger partial charge in [-0.3, -0.25) is 0 Å². The van der Waals surface area contributed by atoms with Crippen LogP contribution in [0.1, 0.15) is 34.1 Å². The number of nitrogens with zero attached hydrogens (tertiary/aromatic N) is 5. The van der Waals surface area contributed by atoms with E-state index in [1.807, 2.05) is 19.1 Å². The van der Waals surface area contributed by atoms with Gasteiger partial charge in [-0.2, -0.15) is 0 Å². The Morgan fingerprint density at radius 1 is 1.19 bits per heavy atom. The standard InChI is InChI=1S/C21H29N5O4S/c1-6-15-12-26(17(21(2,3)4)13-25(15)20(27)28)18-8-7-14(11-23-18)16-9-10-22-19(24-16)31(5,29)30/h7-11,15,17H,6,12-13H2,1-5H3,(H,27,28). The molecule has 9 nitrogen and oxygen atoms in total. The number of sulfone groups is 1. The quantitative estimate of drug-likeness (QED) is 0.711. The molecule has 0 aromatic carbocycles. The fraction of sp³-hybridized carbons (Fsp3) is 0.524. The second kappa shape index (κ2) is 8.41. The SMILES string of the molecule is CCC1CN(c2ccc(-c3ccnc(S(C)(=O)=O)n3)cn2)C(C(C)(C)C)CN1C(=O)O. The Hall–Kier alpha value is -2.75. The van der Waals surface area contributed by atoms with Gasteiger partial charge < -0.3 is 14.9 Å². The third-order valence-electron chi connectivity index (χ3n) is 5.61. The number of rotatable bonds is 4. The van der Waals surface area contributed by atoms with E-state index in [0.717, 1.165) is 12.1 Å². The molecule has 0 aliphatic carbocycles. The minimum Gasteiger partial charge on any atom is -0.465 e. The summed E-state index contributed by atoms with van der Waals surface area (Å²) in [5, 5.41) is 9.43. The number of aromatic nitrogens is 3. The topological polar surface area (TPSA) is 117 Å². The Morgan fingerprint density at radius 3 is 2.42 bits per heavy atom. The van der Waals surface area contributed by atoms with Gasteiger partial charge in [0.05, 0.1) is 17.8 Å². The second-order valence-corrected chi connectivity index (χ2v) is 10.8. The molecule has 1 amide bonds. The monoisotopic (exact) mass is 447 g/mol. The predicted octanol–water partition coefficient (Wildman–Crippen LogP) is 2.94. The molecule has 0 spiro atoms. The van der Waals surface area contributed by atoms with Gasteiger partial charge in [0.25, 0.3) is 0 Å². The van der Waals surface area contributed by atoms with E-state index < -0.39 is 15.9 Å². The van der Waals surface area contributed by atoms with Crippen molar-refractivity contribution in [2.24, 2.45) is 5.41 Å². The summed E-state index contributed by atoms with van der Waals surface area (Å²) in [5.41, 5.74) is 0.993. The number of hydrogen-bond acceptors (Lipinski definition) is 7. The van der Waals surface area contributed by atoms with Crippen molar-refractivity contribution in [1.29, 1.82) is 0 Å². The lowest BCUT2D eigenvalue weighted by Crippen LogP contribution is -2.63. The summed E-state index contributed by atoms with van der Waals surface area (Å²) in [7, 11) is -3.51. The molecule has 3 rings (SSSR count). The molecule has 1 aliphatic rings. The fourth-order valence-electron chi connectivity index (χ4n) is 3.85. The summed E-state index contributed by atoms with van der Waals surface area (Å²) in [6, 6.07) is 5.21. The maximum atomic E-state index is 11.8. The molecule has 10 heteroatoms. The van der Waals surface area contributed by atoms with Gasteiger partial charge in [-0.05, 0) is 30.0 Å². The van der Waals surface area contributed by atoms with Gasteiger partial charge in [-0.1, -0.05) is 27.7 Å². The van der Waals surface area contributed by atoms with E-state index in [1.165, 1.54) is 11.1 Å². The van der Waals surface area contributed by atoms with Crippen LogP contribution in [0.2, 0.25) is 0 Å². The van der Waals surface area contributed by atoms with Gasteiger partial charge in [-0.25, -0.2) is 28.2 Å². The Bertz CT molecular complexity index is 1050. The Morgan fingerprint density at radius 2 is 1.90 bits per heavy atom. The van der Waals surface area contributed by atoms with Crippen molar-refractivity contribution in [2.45, 2.75) is 51.4 Å². The lowest BCUT2D eigenvalue weighted by atomic mass is 9.83. The van der Waals surface area contributed by atoms with E-state index in [0.29, 0.717) is 30.8 Å². The van der Waals surface area contributed by atoms with Crippen LogP contribution >= 0.6 is 0 Å². The molecular formula is C21H29N5O4S. The minimum atomic E-state index is -3.51. The summed E-state index contributed by atoms with van der Waals surface area (Å²) in [4.78, 5) is 28.1. The van der Waals surface area contributed by atoms with Crippen molar-refractivity contribution in [3.63, 3.8) is 0 Å². The zero-order chi connectivity index (χ0) is 23.0. The number of carbonyl (C=O) groups is 1. The lowest BCUT2D eigenvalue weighted by molar-refractivity contribution is 0.0876. The molecule has 1 saturated heterocycles. The first kappa shape index (κ1) is 22.9. The van der Waals surface area contributed by atoms with Gasteiger partial charge in [-0.15, -0.1) is 0 Å². The van der Waals surface area contributed by atoms with Gasteiger partial charge in [0, 0.05) is 37.3 Å². The van der Waals surface area contributed by atoms with Crippen LogP contribution in [-0.4, -0.2) is 70.9 Å². The molecule has 2 aromatic rings. The molecule has 2 unspecified atom stereocenters. The van der Waals surface area contributed by atoms with Gasteiger partial charge in [0.1, 0.15) is 5.82 Å². The number of carboxylic acid groups (broad SMARTS) is 1. The fourth-order valence-corrected chi connectivity index (χ4v) is 4.37. The number of piperazine rings is 1. The Kier molecular flexibility index (Phi) is 6.22. The Balaban J connectivity index is 1.94. The lowest BCUT2D eigenvalue weighted by Gasteiger charge is -2.50. The van der Waals surface area contributed by atoms with Crippen LogP contribution < -0.4 is 4.90 Å². The smallest absolute Gasteiger partial charge is 0.407 e. The van der Waals surface area contributed by atoms with Gasteiger partial charge in [0.15, 0.2) is 0 Å². The first-order valence-electron chi connectivity index (χ1n) is 10.2. The summed E-state index contributed by atoms with van der Waals surface area (Å²) in [6.45, 7) is 9.24. The number of hydrogen-bond donors (Lipinski definition) is 1. The van der Waals surface area contributed by atoms with Crippen LogP contribution in [0.4, 0.5) is 10.6 Å². The van der Waals surface area contributed by atoms with Gasteiger partial charge >= 0.3 is 6.09 Å². The maximum Gasteiger partial charge on any atom is 0.407 e. The van der Waals surface area contributed by atoms with Crippen LogP contribution in [0.25, 0.3) is 11.3 Å². The van der Waals surface area contributed by atoms with Crippen molar-refractivity contribution >= 4 is 21.7 Å². The molecule has 1 aliphatic heterocycles. The second-order valence-electron chi connectivity index (χ2n) is 8.93. The molecule has 31 heavy (non-hydrogen) atoms. The van der Waals surface area contributed by atoms with E-state index in [-0.39, 0.29) is 22.7 Å². The number of anilines is 1. The molecule has 0 saturated carbocycles. The van der Waals surface area contributed by atoms with E-state index in [1.54, 1.807) is 12.3 Å². The first-order chi connectivity index (χ1) is 14.4. The average Bonchev–Trinajstić information content (AvgIpc) is 2.71. The van der Waals surface area contributed by atoms with Crippen molar-refractivity contribution < 1.29 is 18.3 Å². The molecule has 1 fully saturated rings. The Labute approximate surface area is 183 Å². The first-order valence-corrected chi connectivity index (χ1v) is 12.1. The zero-order valence-electron chi connectivity index (χ0n) is 18.5. The van der Waals surface area contributed by atoms with E-state index in [2.05, 4.69) is 40.6 Å². The number of pyridine rings is 1. The molecular weight excluding hydrogens is 418 g/mol. The highest BCUT2D eigenvalue weighted by molar-refractivity contribution is 7.90. The summed E-state index contributed by atoms with van der Waals surface area (Å²) in [5.74, 6) is 0.754. The van der Waals surface area contributed by atoms with Crippen LogP contribution in [0.15, 0.2) is 35.7 Å². The highest BCUT2D eigenvalue weighted by atomic mass is 32.2. The van der Waals surface area contributed by atoms with Crippen molar-refractivity contribution in [3.8, 4) is 11.3 Å². The molecule has 2 atom stereocenters. The number of amides is 1. The van der Waals surface area contributed by atoms with Crippen LogP contribution in [0.5, 0.6) is 0 Å². The summed E-state index contributed by atoms with van der Waals surface area (Å²) >= 11 is 0. The summed E-state index contributed by atoms with van der Waals surface area (Å²) < 4.78 is 23.5. The van der Waals surface area contributed by atoms with Crippen molar-refractivity contribution in [3.05, 3.63) is 30.6 Å². The summed E-state index contributed by atoms with van der Waals surface area (Å²) in [6.07, 6.45) is 3.97. The predicted molar refractivity (Wildman–Crippen MR) is 118 cm³/mol.